The van der Waals surface area contributed by atoms with E-state index in [1.54, 1.807) is 0 Å². The third-order valence-electron chi connectivity index (χ3n) is 2.02. The van der Waals surface area contributed by atoms with Gasteiger partial charge in [0.1, 0.15) is 5.78 Å². The Morgan fingerprint density at radius 1 is 1.55 bits per heavy atom. The summed E-state index contributed by atoms with van der Waals surface area (Å²) in [7, 11) is 0. The van der Waals surface area contributed by atoms with Crippen molar-refractivity contribution in [1.29, 1.82) is 0 Å². The van der Waals surface area contributed by atoms with E-state index in [-0.39, 0.29) is 5.92 Å². The van der Waals surface area contributed by atoms with Gasteiger partial charge in [0.25, 0.3) is 0 Å². The summed E-state index contributed by atoms with van der Waals surface area (Å²) in [5.41, 5.74) is 1.30. The minimum absolute atomic E-state index is 0.205. The number of hydrogen-bond acceptors (Lipinski definition) is 1. The van der Waals surface area contributed by atoms with E-state index < -0.39 is 0 Å². The molecule has 11 heavy (non-hydrogen) atoms. The second kappa shape index (κ2) is 5.11. The molecular weight excluding hydrogens is 136 g/mol. The van der Waals surface area contributed by atoms with E-state index in [9.17, 15) is 4.79 Å². The van der Waals surface area contributed by atoms with Gasteiger partial charge in [-0.1, -0.05) is 25.5 Å². The molecule has 0 aromatic rings. The molecule has 0 radical (unpaired) electrons. The first-order chi connectivity index (χ1) is 5.11. The van der Waals surface area contributed by atoms with Crippen molar-refractivity contribution in [3.8, 4) is 0 Å². The Morgan fingerprint density at radius 3 is 2.45 bits per heavy atom. The molecule has 0 aromatic heterocycles. The Morgan fingerprint density at radius 2 is 2.09 bits per heavy atom. The van der Waals surface area contributed by atoms with Gasteiger partial charge in [-0.2, -0.15) is 0 Å². The first kappa shape index (κ1) is 10.4. The molecule has 1 nitrogen and oxygen atoms in total. The number of carbonyl (C=O) groups excluding carboxylic acids is 1. The SMILES string of the molecule is C/C=C(\C)CC(C)C(=O)CC. The minimum atomic E-state index is 0.205. The van der Waals surface area contributed by atoms with Crippen molar-refractivity contribution < 1.29 is 4.79 Å². The topological polar surface area (TPSA) is 17.1 Å². The van der Waals surface area contributed by atoms with Crippen molar-refractivity contribution >= 4 is 5.78 Å². The molecule has 0 aliphatic heterocycles. The molecule has 0 rings (SSSR count). The summed E-state index contributed by atoms with van der Waals surface area (Å²) >= 11 is 0. The predicted octanol–water partition coefficient (Wildman–Crippen LogP) is 2.96. The molecule has 0 saturated carbocycles. The van der Waals surface area contributed by atoms with Crippen molar-refractivity contribution in [3.63, 3.8) is 0 Å². The van der Waals surface area contributed by atoms with Crippen LogP contribution in [0, 0.1) is 5.92 Å². The second-order valence-corrected chi connectivity index (χ2v) is 3.06. The lowest BCUT2D eigenvalue weighted by Crippen LogP contribution is -2.09. The van der Waals surface area contributed by atoms with Gasteiger partial charge in [-0.05, 0) is 20.3 Å². The molecule has 0 aliphatic rings. The van der Waals surface area contributed by atoms with Crippen LogP contribution in [0.3, 0.4) is 0 Å². The number of Topliss-reactive ketones (excluding diaryl/α,β-unsaturated/α-hetero) is 1. The molecule has 0 aliphatic carbocycles. The van der Waals surface area contributed by atoms with E-state index in [4.69, 9.17) is 0 Å². The summed E-state index contributed by atoms with van der Waals surface area (Å²) in [6.45, 7) is 8.00. The van der Waals surface area contributed by atoms with Crippen LogP contribution in [0.2, 0.25) is 0 Å². The van der Waals surface area contributed by atoms with Crippen molar-refractivity contribution in [2.75, 3.05) is 0 Å². The highest BCUT2D eigenvalue weighted by Gasteiger charge is 2.09. The summed E-state index contributed by atoms with van der Waals surface area (Å²) in [5.74, 6) is 0.572. The van der Waals surface area contributed by atoms with Gasteiger partial charge in [-0.15, -0.1) is 0 Å². The van der Waals surface area contributed by atoms with Crippen molar-refractivity contribution in [2.24, 2.45) is 5.92 Å². The average molecular weight is 154 g/mol. The van der Waals surface area contributed by atoms with E-state index in [2.05, 4.69) is 13.0 Å². The minimum Gasteiger partial charge on any atom is -0.299 e. The number of carbonyl (C=O) groups is 1. The lowest BCUT2D eigenvalue weighted by atomic mass is 9.96. The van der Waals surface area contributed by atoms with Gasteiger partial charge in [0.2, 0.25) is 0 Å². The molecule has 0 spiro atoms. The first-order valence-corrected chi connectivity index (χ1v) is 4.26. The predicted molar refractivity (Wildman–Crippen MR) is 48.5 cm³/mol. The summed E-state index contributed by atoms with van der Waals surface area (Å²) in [6.07, 6.45) is 3.65. The molecule has 0 fully saturated rings. The molecule has 0 saturated heterocycles. The third kappa shape index (κ3) is 3.97. The number of rotatable bonds is 4. The van der Waals surface area contributed by atoms with Crippen LogP contribution in [0.4, 0.5) is 0 Å². The Balaban J connectivity index is 3.87. The lowest BCUT2D eigenvalue weighted by molar-refractivity contribution is -0.122. The molecule has 0 bridgehead atoms. The maximum absolute atomic E-state index is 11.1. The highest BCUT2D eigenvalue weighted by atomic mass is 16.1. The fourth-order valence-electron chi connectivity index (χ4n) is 1.06. The smallest absolute Gasteiger partial charge is 0.135 e. The molecule has 0 N–H and O–H groups in total. The lowest BCUT2D eigenvalue weighted by Gasteiger charge is -2.08. The van der Waals surface area contributed by atoms with Crippen LogP contribution in [0.25, 0.3) is 0 Å². The highest BCUT2D eigenvalue weighted by molar-refractivity contribution is 5.80. The molecule has 64 valence electrons. The van der Waals surface area contributed by atoms with Gasteiger partial charge in [-0.3, -0.25) is 4.79 Å². The maximum Gasteiger partial charge on any atom is 0.135 e. The molecule has 1 heteroatoms. The van der Waals surface area contributed by atoms with Gasteiger partial charge >= 0.3 is 0 Å². The van der Waals surface area contributed by atoms with Gasteiger partial charge < -0.3 is 0 Å². The van der Waals surface area contributed by atoms with Gasteiger partial charge in [0.05, 0.1) is 0 Å². The Hall–Kier alpha value is -0.590. The van der Waals surface area contributed by atoms with Gasteiger partial charge in [-0.25, -0.2) is 0 Å². The highest BCUT2D eigenvalue weighted by Crippen LogP contribution is 2.12. The quantitative estimate of drug-likeness (QED) is 0.569. The first-order valence-electron chi connectivity index (χ1n) is 4.26. The molecule has 1 unspecified atom stereocenters. The van der Waals surface area contributed by atoms with Crippen molar-refractivity contribution in [1.82, 2.24) is 0 Å². The van der Waals surface area contributed by atoms with E-state index >= 15 is 0 Å². The largest absolute Gasteiger partial charge is 0.299 e. The van der Waals surface area contributed by atoms with E-state index in [0.29, 0.717) is 12.2 Å². The fraction of sp³-hybridized carbons (Fsp3) is 0.700. The second-order valence-electron chi connectivity index (χ2n) is 3.06. The molecule has 0 amide bonds. The molecule has 0 heterocycles. The molecular formula is C10H18O. The zero-order valence-electron chi connectivity index (χ0n) is 7.98. The summed E-state index contributed by atoms with van der Waals surface area (Å²) < 4.78 is 0. The van der Waals surface area contributed by atoms with E-state index in [1.807, 2.05) is 20.8 Å². The van der Waals surface area contributed by atoms with Gasteiger partial charge in [0, 0.05) is 12.3 Å². The van der Waals surface area contributed by atoms with Crippen LogP contribution in [0.5, 0.6) is 0 Å². The van der Waals surface area contributed by atoms with Crippen LogP contribution in [0.15, 0.2) is 11.6 Å². The normalized spacial score (nSPS) is 14.7. The van der Waals surface area contributed by atoms with Crippen LogP contribution in [0.1, 0.15) is 40.5 Å². The summed E-state index contributed by atoms with van der Waals surface area (Å²) in [4.78, 5) is 11.1. The average Bonchev–Trinajstić information content (AvgIpc) is 2.02. The Bertz CT molecular complexity index is 156. The van der Waals surface area contributed by atoms with Gasteiger partial charge in [0.15, 0.2) is 0 Å². The van der Waals surface area contributed by atoms with Crippen LogP contribution in [-0.2, 0) is 4.79 Å². The maximum atomic E-state index is 11.1. The summed E-state index contributed by atoms with van der Waals surface area (Å²) in [5, 5.41) is 0. The Labute approximate surface area is 69.5 Å². The third-order valence-corrected chi connectivity index (χ3v) is 2.02. The molecule has 1 atom stereocenters. The van der Waals surface area contributed by atoms with Crippen molar-refractivity contribution in [2.45, 2.75) is 40.5 Å². The zero-order chi connectivity index (χ0) is 8.85. The number of ketones is 1. The summed E-state index contributed by atoms with van der Waals surface area (Å²) in [6, 6.07) is 0. The number of hydrogen-bond donors (Lipinski definition) is 0. The van der Waals surface area contributed by atoms with E-state index in [0.717, 1.165) is 6.42 Å². The monoisotopic (exact) mass is 154 g/mol. The molecule has 0 aromatic carbocycles. The number of allylic oxidation sites excluding steroid dienone is 2. The fourth-order valence-corrected chi connectivity index (χ4v) is 1.06. The van der Waals surface area contributed by atoms with Crippen LogP contribution < -0.4 is 0 Å². The van der Waals surface area contributed by atoms with Crippen LogP contribution in [-0.4, -0.2) is 5.78 Å². The standard InChI is InChI=1S/C10H18O/c1-5-8(3)7-9(4)10(11)6-2/h5,9H,6-7H2,1-4H3/b8-5+. The Kier molecular flexibility index (Phi) is 4.84. The van der Waals surface area contributed by atoms with E-state index in [1.165, 1.54) is 5.57 Å². The van der Waals surface area contributed by atoms with Crippen molar-refractivity contribution in [3.05, 3.63) is 11.6 Å². The van der Waals surface area contributed by atoms with Crippen LogP contribution >= 0.6 is 0 Å². The zero-order valence-corrected chi connectivity index (χ0v) is 7.98.